The maximum Gasteiger partial charge on any atom is 0.250 e. The summed E-state index contributed by atoms with van der Waals surface area (Å²) in [6.45, 7) is 6.60. The van der Waals surface area contributed by atoms with Gasteiger partial charge in [-0.25, -0.2) is 0 Å². The second-order valence-corrected chi connectivity index (χ2v) is 5.93. The van der Waals surface area contributed by atoms with E-state index in [1.165, 1.54) is 6.08 Å². The van der Waals surface area contributed by atoms with Crippen molar-refractivity contribution in [2.24, 2.45) is 0 Å². The molecule has 2 N–H and O–H groups in total. The zero-order valence-electron chi connectivity index (χ0n) is 14.6. The molecule has 0 aliphatic heterocycles. The van der Waals surface area contributed by atoms with Crippen molar-refractivity contribution in [3.63, 3.8) is 0 Å². The van der Waals surface area contributed by atoms with Gasteiger partial charge < -0.3 is 10.1 Å². The van der Waals surface area contributed by atoms with Crippen molar-refractivity contribution >= 4 is 35.0 Å². The molecule has 0 aliphatic carbocycles. The summed E-state index contributed by atoms with van der Waals surface area (Å²) in [5.41, 5.74) is 4.06. The quantitative estimate of drug-likeness (QED) is 0.623. The monoisotopic (exact) mass is 354 g/mol. The van der Waals surface area contributed by atoms with Crippen LogP contribution in [0.25, 0.3) is 6.08 Å². The lowest BCUT2D eigenvalue weighted by atomic mass is 10.1. The fourth-order valence-electron chi connectivity index (χ4n) is 2.21. The third-order valence-electron chi connectivity index (χ3n) is 3.71. The average Bonchev–Trinajstić information content (AvgIpc) is 2.58. The minimum absolute atomic E-state index is 0.273. The number of rotatable bonds is 5. The van der Waals surface area contributed by atoms with Gasteiger partial charge in [0.2, 0.25) is 5.91 Å². The van der Waals surface area contributed by atoms with Crippen LogP contribution in [0, 0.1) is 13.8 Å². The topological polar surface area (TPSA) is 50.4 Å². The highest BCUT2D eigenvalue weighted by Gasteiger charge is 2.05. The normalized spacial score (nSPS) is 10.5. The fourth-order valence-corrected chi connectivity index (χ4v) is 2.42. The van der Waals surface area contributed by atoms with Gasteiger partial charge in [0.05, 0.1) is 6.61 Å². The molecule has 0 heterocycles. The summed E-state index contributed by atoms with van der Waals surface area (Å²) in [5.74, 6) is 0.527. The molecule has 0 saturated heterocycles. The Morgan fingerprint density at radius 3 is 2.56 bits per heavy atom. The van der Waals surface area contributed by atoms with Crippen LogP contribution in [0.15, 0.2) is 48.5 Å². The van der Waals surface area contributed by atoms with E-state index in [0.717, 1.165) is 28.1 Å². The molecule has 4 nitrogen and oxygen atoms in total. The molecule has 0 unspecified atom stereocenters. The van der Waals surface area contributed by atoms with Gasteiger partial charge in [-0.05, 0) is 74.0 Å². The number of carbonyl (C=O) groups excluding carboxylic acids is 1. The summed E-state index contributed by atoms with van der Waals surface area (Å²) in [4.78, 5) is 12.0. The second-order valence-electron chi connectivity index (χ2n) is 5.53. The molecule has 0 aromatic heterocycles. The molecule has 2 aromatic carbocycles. The summed E-state index contributed by atoms with van der Waals surface area (Å²) in [6, 6.07) is 13.4. The Hall–Kier alpha value is -2.66. The van der Waals surface area contributed by atoms with E-state index in [0.29, 0.717) is 6.61 Å². The van der Waals surface area contributed by atoms with E-state index in [4.69, 9.17) is 17.0 Å². The highest BCUT2D eigenvalue weighted by molar-refractivity contribution is 7.80. The third-order valence-corrected chi connectivity index (χ3v) is 3.91. The average molecular weight is 354 g/mol. The van der Waals surface area contributed by atoms with Crippen LogP contribution < -0.4 is 15.4 Å². The van der Waals surface area contributed by atoms with E-state index in [2.05, 4.69) is 10.6 Å². The number of nitrogens with one attached hydrogen (secondary N) is 2. The lowest BCUT2D eigenvalue weighted by Crippen LogP contribution is -2.33. The molecule has 0 atom stereocenters. The Kier molecular flexibility index (Phi) is 6.71. The highest BCUT2D eigenvalue weighted by Crippen LogP contribution is 2.17. The zero-order chi connectivity index (χ0) is 18.2. The Morgan fingerprint density at radius 2 is 1.88 bits per heavy atom. The van der Waals surface area contributed by atoms with Gasteiger partial charge >= 0.3 is 0 Å². The molecule has 0 bridgehead atoms. The van der Waals surface area contributed by atoms with E-state index < -0.39 is 0 Å². The largest absolute Gasteiger partial charge is 0.494 e. The van der Waals surface area contributed by atoms with Gasteiger partial charge in [-0.15, -0.1) is 0 Å². The number of benzene rings is 2. The summed E-state index contributed by atoms with van der Waals surface area (Å²) < 4.78 is 5.38. The van der Waals surface area contributed by atoms with Gasteiger partial charge in [0, 0.05) is 11.8 Å². The van der Waals surface area contributed by atoms with Crippen LogP contribution in [0.2, 0.25) is 0 Å². The Morgan fingerprint density at radius 1 is 1.16 bits per heavy atom. The number of amides is 1. The van der Waals surface area contributed by atoms with E-state index >= 15 is 0 Å². The SMILES string of the molecule is CCOc1ccc(/C=C/C(=O)NC(=S)Nc2cccc(C)c2C)cc1. The molecule has 0 radical (unpaired) electrons. The summed E-state index contributed by atoms with van der Waals surface area (Å²) in [7, 11) is 0. The maximum atomic E-state index is 12.0. The zero-order valence-corrected chi connectivity index (χ0v) is 15.4. The molecule has 130 valence electrons. The standard InChI is InChI=1S/C20H22N2O2S/c1-4-24-17-11-8-16(9-12-17)10-13-19(23)22-20(25)21-18-7-5-6-14(2)15(18)3/h5-13H,4H2,1-3H3,(H2,21,22,23,25)/b13-10+. The number of anilines is 1. The third kappa shape index (κ3) is 5.72. The molecule has 0 saturated carbocycles. The summed E-state index contributed by atoms with van der Waals surface area (Å²) >= 11 is 5.20. The van der Waals surface area contributed by atoms with E-state index in [-0.39, 0.29) is 11.0 Å². The van der Waals surface area contributed by atoms with Crippen molar-refractivity contribution in [1.82, 2.24) is 5.32 Å². The maximum absolute atomic E-state index is 12.0. The van der Waals surface area contributed by atoms with Gasteiger partial charge in [0.25, 0.3) is 0 Å². The molecule has 0 aliphatic rings. The van der Waals surface area contributed by atoms with Gasteiger partial charge in [-0.2, -0.15) is 0 Å². The van der Waals surface area contributed by atoms with Crippen LogP contribution in [-0.2, 0) is 4.79 Å². The fraction of sp³-hybridized carbons (Fsp3) is 0.200. The summed E-state index contributed by atoms with van der Waals surface area (Å²) in [5, 5.41) is 5.97. The Labute approximate surface area is 153 Å². The van der Waals surface area contributed by atoms with E-state index in [9.17, 15) is 4.79 Å². The summed E-state index contributed by atoms with van der Waals surface area (Å²) in [6.07, 6.45) is 3.18. The first-order valence-electron chi connectivity index (χ1n) is 8.08. The molecular weight excluding hydrogens is 332 g/mol. The lowest BCUT2D eigenvalue weighted by molar-refractivity contribution is -0.115. The minimum Gasteiger partial charge on any atom is -0.494 e. The number of aryl methyl sites for hydroxylation is 1. The number of carbonyl (C=O) groups is 1. The number of ether oxygens (including phenoxy) is 1. The molecule has 2 rings (SSSR count). The van der Waals surface area contributed by atoms with Gasteiger partial charge in [0.15, 0.2) is 5.11 Å². The van der Waals surface area contributed by atoms with Crippen LogP contribution in [0.1, 0.15) is 23.6 Å². The predicted molar refractivity (Wildman–Crippen MR) is 107 cm³/mol. The van der Waals surface area contributed by atoms with Crippen molar-refractivity contribution in [3.8, 4) is 5.75 Å². The molecule has 0 fully saturated rings. The van der Waals surface area contributed by atoms with Crippen LogP contribution in [-0.4, -0.2) is 17.6 Å². The first-order valence-corrected chi connectivity index (χ1v) is 8.49. The van der Waals surface area contributed by atoms with Gasteiger partial charge in [-0.3, -0.25) is 10.1 Å². The van der Waals surface area contributed by atoms with Crippen molar-refractivity contribution in [2.45, 2.75) is 20.8 Å². The van der Waals surface area contributed by atoms with Gasteiger partial charge in [-0.1, -0.05) is 24.3 Å². The lowest BCUT2D eigenvalue weighted by Gasteiger charge is -2.12. The Bertz CT molecular complexity index is 783. The van der Waals surface area contributed by atoms with Crippen LogP contribution >= 0.6 is 12.2 Å². The van der Waals surface area contributed by atoms with Crippen LogP contribution in [0.5, 0.6) is 5.75 Å². The predicted octanol–water partition coefficient (Wildman–Crippen LogP) is 4.23. The first kappa shape index (κ1) is 18.7. The van der Waals surface area contributed by atoms with Crippen LogP contribution in [0.3, 0.4) is 0 Å². The van der Waals surface area contributed by atoms with Gasteiger partial charge in [0.1, 0.15) is 5.75 Å². The first-order chi connectivity index (χ1) is 12.0. The smallest absolute Gasteiger partial charge is 0.250 e. The molecule has 0 spiro atoms. The number of thiocarbonyl (C=S) groups is 1. The highest BCUT2D eigenvalue weighted by atomic mass is 32.1. The minimum atomic E-state index is -0.281. The van der Waals surface area contributed by atoms with Crippen molar-refractivity contribution < 1.29 is 9.53 Å². The molecule has 5 heteroatoms. The molecule has 25 heavy (non-hydrogen) atoms. The Balaban J connectivity index is 1.90. The van der Waals surface area contributed by atoms with E-state index in [1.54, 1.807) is 6.08 Å². The number of hydrogen-bond acceptors (Lipinski definition) is 3. The van der Waals surface area contributed by atoms with Crippen molar-refractivity contribution in [2.75, 3.05) is 11.9 Å². The molecule has 1 amide bonds. The van der Waals surface area contributed by atoms with Crippen LogP contribution in [0.4, 0.5) is 5.69 Å². The van der Waals surface area contributed by atoms with E-state index in [1.807, 2.05) is 63.2 Å². The number of hydrogen-bond donors (Lipinski definition) is 2. The second kappa shape index (κ2) is 8.99. The molecular formula is C20H22N2O2S. The van der Waals surface area contributed by atoms with Crippen molar-refractivity contribution in [1.29, 1.82) is 0 Å². The van der Waals surface area contributed by atoms with Crippen molar-refractivity contribution in [3.05, 3.63) is 65.2 Å². The molecule has 2 aromatic rings.